The highest BCUT2D eigenvalue weighted by atomic mass is 16.2. The van der Waals surface area contributed by atoms with Crippen LogP contribution < -0.4 is 20.9 Å². The number of para-hydroxylation sites is 3. The highest BCUT2D eigenvalue weighted by Gasteiger charge is 2.43. The zero-order valence-electron chi connectivity index (χ0n) is 16.5. The molecule has 2 aromatic carbocycles. The number of anilines is 3. The summed E-state index contributed by atoms with van der Waals surface area (Å²) in [6, 6.07) is 14.1. The van der Waals surface area contributed by atoms with Crippen molar-refractivity contribution in [3.05, 3.63) is 66.7 Å². The first-order chi connectivity index (χ1) is 13.9. The van der Waals surface area contributed by atoms with Crippen molar-refractivity contribution < 1.29 is 14.4 Å². The number of hydrogen-bond donors (Lipinski definition) is 3. The van der Waals surface area contributed by atoms with Crippen molar-refractivity contribution in [2.45, 2.75) is 19.4 Å². The highest BCUT2D eigenvalue weighted by molar-refractivity contribution is 6.15. The maximum Gasteiger partial charge on any atom is 0.253 e. The molecule has 1 aliphatic rings. The second-order valence-electron chi connectivity index (χ2n) is 7.16. The Bertz CT molecular complexity index is 968. The Hall–Kier alpha value is -3.61. The van der Waals surface area contributed by atoms with Gasteiger partial charge in [-0.25, -0.2) is 0 Å². The van der Waals surface area contributed by atoms with E-state index in [1.54, 1.807) is 62.4 Å². The van der Waals surface area contributed by atoms with Crippen LogP contribution in [-0.4, -0.2) is 36.3 Å². The molecule has 3 amide bonds. The normalized spacial score (nSPS) is 14.4. The highest BCUT2D eigenvalue weighted by Crippen LogP contribution is 2.36. The summed E-state index contributed by atoms with van der Waals surface area (Å²) in [7, 11) is 0. The van der Waals surface area contributed by atoms with Crippen LogP contribution in [0.4, 0.5) is 17.1 Å². The molecule has 0 aromatic heterocycles. The summed E-state index contributed by atoms with van der Waals surface area (Å²) in [6.07, 6.45) is 1.60. The Labute approximate surface area is 169 Å². The van der Waals surface area contributed by atoms with Gasteiger partial charge in [-0.1, -0.05) is 30.3 Å². The molecule has 2 aromatic rings. The van der Waals surface area contributed by atoms with E-state index in [9.17, 15) is 14.4 Å². The lowest BCUT2D eigenvalue weighted by Crippen LogP contribution is -2.59. The number of amides is 3. The monoisotopic (exact) mass is 392 g/mol. The summed E-state index contributed by atoms with van der Waals surface area (Å²) in [5.41, 5.74) is 1.15. The first-order valence-corrected chi connectivity index (χ1v) is 9.32. The minimum atomic E-state index is -1.05. The maximum absolute atomic E-state index is 13.1. The molecular formula is C22H24N4O3. The van der Waals surface area contributed by atoms with E-state index in [1.807, 2.05) is 6.07 Å². The van der Waals surface area contributed by atoms with Crippen LogP contribution in [-0.2, 0) is 9.59 Å². The number of nitrogens with zero attached hydrogens (tertiary/aromatic N) is 1. The molecule has 0 aliphatic carbocycles. The second kappa shape index (κ2) is 8.18. The van der Waals surface area contributed by atoms with Gasteiger partial charge in [0.25, 0.3) is 5.91 Å². The van der Waals surface area contributed by atoms with Gasteiger partial charge in [0.2, 0.25) is 11.8 Å². The van der Waals surface area contributed by atoms with Crippen LogP contribution in [0.15, 0.2) is 61.2 Å². The Morgan fingerprint density at radius 3 is 2.59 bits per heavy atom. The zero-order valence-corrected chi connectivity index (χ0v) is 16.5. The van der Waals surface area contributed by atoms with Gasteiger partial charge >= 0.3 is 0 Å². The molecule has 0 radical (unpaired) electrons. The number of rotatable bonds is 6. The third kappa shape index (κ3) is 3.99. The summed E-state index contributed by atoms with van der Waals surface area (Å²) < 4.78 is 0. The molecule has 0 spiro atoms. The van der Waals surface area contributed by atoms with Crippen molar-refractivity contribution in [2.75, 3.05) is 28.6 Å². The number of benzene rings is 2. The second-order valence-corrected chi connectivity index (χ2v) is 7.16. The molecule has 0 saturated heterocycles. The SMILES string of the molecule is C=CCNC(=O)c1ccccc1NCC(=O)N1c2ccccc2NC(=O)C1(C)C. The van der Waals surface area contributed by atoms with E-state index < -0.39 is 5.54 Å². The zero-order chi connectivity index (χ0) is 21.0. The summed E-state index contributed by atoms with van der Waals surface area (Å²) in [4.78, 5) is 39.5. The molecule has 1 aliphatic heterocycles. The lowest BCUT2D eigenvalue weighted by Gasteiger charge is -2.42. The third-order valence-electron chi connectivity index (χ3n) is 4.77. The van der Waals surface area contributed by atoms with Crippen LogP contribution in [0.2, 0.25) is 0 Å². The molecule has 0 atom stereocenters. The standard InChI is InChI=1S/C22H24N4O3/c1-4-13-23-20(28)15-9-5-6-10-16(15)24-14-19(27)26-18-12-8-7-11-17(18)25-21(29)22(26,2)3/h4-12,24H,1,13-14H2,2-3H3,(H,23,28)(H,25,29). The van der Waals surface area contributed by atoms with Gasteiger partial charge < -0.3 is 16.0 Å². The van der Waals surface area contributed by atoms with Gasteiger partial charge in [0.1, 0.15) is 5.54 Å². The minimum absolute atomic E-state index is 0.0726. The molecule has 150 valence electrons. The smallest absolute Gasteiger partial charge is 0.253 e. The van der Waals surface area contributed by atoms with E-state index in [1.165, 1.54) is 4.90 Å². The van der Waals surface area contributed by atoms with Crippen LogP contribution in [0.1, 0.15) is 24.2 Å². The molecule has 0 bridgehead atoms. The van der Waals surface area contributed by atoms with Gasteiger partial charge in [-0.3, -0.25) is 19.3 Å². The Balaban J connectivity index is 1.82. The van der Waals surface area contributed by atoms with Gasteiger partial charge in [-0.05, 0) is 38.1 Å². The lowest BCUT2D eigenvalue weighted by atomic mass is 9.96. The largest absolute Gasteiger partial charge is 0.375 e. The molecule has 29 heavy (non-hydrogen) atoms. The predicted octanol–water partition coefficient (Wildman–Crippen LogP) is 2.78. The number of carbonyl (C=O) groups excluding carboxylic acids is 3. The fourth-order valence-electron chi connectivity index (χ4n) is 3.24. The number of fused-ring (bicyclic) bond motifs is 1. The number of carbonyl (C=O) groups is 3. The topological polar surface area (TPSA) is 90.5 Å². The van der Waals surface area contributed by atoms with E-state index >= 15 is 0 Å². The Morgan fingerprint density at radius 1 is 1.14 bits per heavy atom. The summed E-state index contributed by atoms with van der Waals surface area (Å²) in [5, 5.41) is 8.61. The molecule has 0 unspecified atom stereocenters. The predicted molar refractivity (Wildman–Crippen MR) is 114 cm³/mol. The van der Waals surface area contributed by atoms with E-state index in [-0.39, 0.29) is 24.3 Å². The van der Waals surface area contributed by atoms with Gasteiger partial charge in [0.05, 0.1) is 23.5 Å². The first kappa shape index (κ1) is 20.1. The van der Waals surface area contributed by atoms with Crippen LogP contribution in [0.25, 0.3) is 0 Å². The van der Waals surface area contributed by atoms with E-state index in [0.29, 0.717) is 29.2 Å². The summed E-state index contributed by atoms with van der Waals surface area (Å²) >= 11 is 0. The van der Waals surface area contributed by atoms with Crippen molar-refractivity contribution in [1.29, 1.82) is 0 Å². The van der Waals surface area contributed by atoms with Crippen molar-refractivity contribution in [3.8, 4) is 0 Å². The van der Waals surface area contributed by atoms with Crippen molar-refractivity contribution in [1.82, 2.24) is 5.32 Å². The van der Waals surface area contributed by atoms with E-state index in [0.717, 1.165) is 0 Å². The average Bonchev–Trinajstić information content (AvgIpc) is 2.71. The molecule has 0 fully saturated rings. The van der Waals surface area contributed by atoms with Gasteiger partial charge in [0.15, 0.2) is 0 Å². The molecule has 7 nitrogen and oxygen atoms in total. The molecule has 0 saturated carbocycles. The van der Waals surface area contributed by atoms with Gasteiger partial charge in [0, 0.05) is 12.2 Å². The van der Waals surface area contributed by atoms with Crippen LogP contribution in [0, 0.1) is 0 Å². The number of nitrogens with one attached hydrogen (secondary N) is 3. The van der Waals surface area contributed by atoms with Crippen molar-refractivity contribution in [2.24, 2.45) is 0 Å². The van der Waals surface area contributed by atoms with Crippen LogP contribution in [0.3, 0.4) is 0 Å². The molecule has 1 heterocycles. The van der Waals surface area contributed by atoms with Crippen molar-refractivity contribution in [3.63, 3.8) is 0 Å². The molecule has 3 N–H and O–H groups in total. The fraction of sp³-hybridized carbons (Fsp3) is 0.227. The Kier molecular flexibility index (Phi) is 5.68. The first-order valence-electron chi connectivity index (χ1n) is 9.32. The summed E-state index contributed by atoms with van der Waals surface area (Å²) in [6.45, 7) is 7.26. The maximum atomic E-state index is 13.1. The molecular weight excluding hydrogens is 368 g/mol. The molecule has 3 rings (SSSR count). The minimum Gasteiger partial charge on any atom is -0.375 e. The van der Waals surface area contributed by atoms with Crippen LogP contribution >= 0.6 is 0 Å². The Morgan fingerprint density at radius 2 is 1.83 bits per heavy atom. The number of hydrogen-bond acceptors (Lipinski definition) is 4. The van der Waals surface area contributed by atoms with E-state index in [4.69, 9.17) is 0 Å². The van der Waals surface area contributed by atoms with Crippen molar-refractivity contribution >= 4 is 34.8 Å². The third-order valence-corrected chi connectivity index (χ3v) is 4.77. The lowest BCUT2D eigenvalue weighted by molar-refractivity contribution is -0.125. The fourth-order valence-corrected chi connectivity index (χ4v) is 3.24. The summed E-state index contributed by atoms with van der Waals surface area (Å²) in [5.74, 6) is -0.796. The quantitative estimate of drug-likeness (QED) is 0.660. The van der Waals surface area contributed by atoms with Crippen LogP contribution in [0.5, 0.6) is 0 Å². The average molecular weight is 392 g/mol. The van der Waals surface area contributed by atoms with E-state index in [2.05, 4.69) is 22.5 Å². The molecule has 7 heteroatoms. The van der Waals surface area contributed by atoms with Gasteiger partial charge in [-0.2, -0.15) is 0 Å². The van der Waals surface area contributed by atoms with Gasteiger partial charge in [-0.15, -0.1) is 6.58 Å².